The Hall–Kier alpha value is -3.22. The third-order valence-electron chi connectivity index (χ3n) is 3.44. The molecule has 0 amide bonds. The van der Waals surface area contributed by atoms with Gasteiger partial charge in [0.15, 0.2) is 0 Å². The first-order valence-corrected chi connectivity index (χ1v) is 7.84. The van der Waals surface area contributed by atoms with Crippen molar-refractivity contribution in [2.24, 2.45) is 0 Å². The van der Waals surface area contributed by atoms with Crippen LogP contribution in [-0.2, 0) is 9.53 Å². The summed E-state index contributed by atoms with van der Waals surface area (Å²) in [5.41, 5.74) is 0.504. The number of ether oxygens (including phenoxy) is 1. The van der Waals surface area contributed by atoms with Gasteiger partial charge in [-0.3, -0.25) is 19.5 Å². The minimum absolute atomic E-state index is 0.158. The van der Waals surface area contributed by atoms with E-state index in [2.05, 4.69) is 0 Å². The van der Waals surface area contributed by atoms with Crippen LogP contribution in [0.2, 0.25) is 0 Å². The number of carbonyl (C=O) groups excluding carboxylic acids is 2. The number of carbonyl (C=O) groups is 2. The Morgan fingerprint density at radius 1 is 1.28 bits per heavy atom. The third kappa shape index (κ3) is 4.87. The molecule has 0 aliphatic rings. The van der Waals surface area contributed by atoms with Gasteiger partial charge in [-0.1, -0.05) is 19.4 Å². The molecule has 0 spiro atoms. The number of hydrogen-bond donors (Lipinski definition) is 0. The molecule has 7 nitrogen and oxygen atoms in total. The van der Waals surface area contributed by atoms with E-state index in [-0.39, 0.29) is 11.3 Å². The van der Waals surface area contributed by atoms with Crippen molar-refractivity contribution >= 4 is 23.6 Å². The van der Waals surface area contributed by atoms with E-state index in [1.807, 2.05) is 6.92 Å². The number of esters is 1. The molecule has 1 aromatic heterocycles. The first kappa shape index (κ1) is 18.1. The molecule has 2 rings (SSSR count). The van der Waals surface area contributed by atoms with E-state index < -0.39 is 16.8 Å². The molecule has 0 N–H and O–H groups in total. The number of rotatable bonds is 7. The summed E-state index contributed by atoms with van der Waals surface area (Å²) >= 11 is 0. The molecule has 0 aliphatic heterocycles. The minimum atomic E-state index is -0.556. The zero-order chi connectivity index (χ0) is 18.2. The van der Waals surface area contributed by atoms with Crippen molar-refractivity contribution in [1.29, 1.82) is 0 Å². The molecule has 0 radical (unpaired) electrons. The van der Waals surface area contributed by atoms with E-state index in [4.69, 9.17) is 4.74 Å². The highest BCUT2D eigenvalue weighted by atomic mass is 16.6. The van der Waals surface area contributed by atoms with Gasteiger partial charge in [0.05, 0.1) is 11.5 Å². The maximum Gasteiger partial charge on any atom is 0.330 e. The van der Waals surface area contributed by atoms with Crippen LogP contribution >= 0.6 is 0 Å². The Balaban J connectivity index is 2.15. The van der Waals surface area contributed by atoms with Crippen LogP contribution in [0.25, 0.3) is 6.08 Å². The van der Waals surface area contributed by atoms with Gasteiger partial charge < -0.3 is 4.74 Å². The van der Waals surface area contributed by atoms with Crippen LogP contribution in [-0.4, -0.2) is 28.0 Å². The number of unbranched alkanes of at least 4 members (excludes halogenated alkanes) is 1. The molecular weight excluding hydrogens is 324 g/mol. The Morgan fingerprint density at radius 3 is 2.80 bits per heavy atom. The van der Waals surface area contributed by atoms with E-state index in [0.717, 1.165) is 12.8 Å². The van der Waals surface area contributed by atoms with Crippen molar-refractivity contribution in [3.05, 3.63) is 70.0 Å². The lowest BCUT2D eigenvalue weighted by molar-refractivity contribution is -0.384. The zero-order valence-corrected chi connectivity index (χ0v) is 13.8. The molecule has 0 atom stereocenters. The molecule has 7 heteroatoms. The number of non-ortho nitro benzene ring substituents is 1. The minimum Gasteiger partial charge on any atom is -0.463 e. The molecule has 130 valence electrons. The molecule has 25 heavy (non-hydrogen) atoms. The number of aromatic nitrogens is 1. The fourth-order valence-corrected chi connectivity index (χ4v) is 2.13. The standard InChI is InChI=1S/C18H18N2O5/c1-2-3-12-25-17(21)10-9-15-8-5-11-19(15)18(22)14-6-4-7-16(13-14)20(23)24/h4-11,13H,2-3,12H2,1H3. The van der Waals surface area contributed by atoms with E-state index in [1.165, 1.54) is 47.2 Å². The summed E-state index contributed by atoms with van der Waals surface area (Å²) in [6.45, 7) is 2.35. The van der Waals surface area contributed by atoms with Crippen LogP contribution in [0, 0.1) is 10.1 Å². The van der Waals surface area contributed by atoms with Crippen LogP contribution < -0.4 is 0 Å². The lowest BCUT2D eigenvalue weighted by Gasteiger charge is -2.05. The normalized spacial score (nSPS) is 10.8. The highest BCUT2D eigenvalue weighted by Gasteiger charge is 2.14. The highest BCUT2D eigenvalue weighted by molar-refractivity contribution is 5.98. The van der Waals surface area contributed by atoms with Crippen LogP contribution in [0.3, 0.4) is 0 Å². The van der Waals surface area contributed by atoms with Gasteiger partial charge in [-0.25, -0.2) is 4.79 Å². The quantitative estimate of drug-likeness (QED) is 0.253. The Labute approximate surface area is 144 Å². The van der Waals surface area contributed by atoms with Crippen LogP contribution in [0.15, 0.2) is 48.7 Å². The predicted octanol–water partition coefficient (Wildman–Crippen LogP) is 3.44. The Morgan fingerprint density at radius 2 is 2.08 bits per heavy atom. The molecule has 0 saturated carbocycles. The van der Waals surface area contributed by atoms with Gasteiger partial charge in [-0.15, -0.1) is 0 Å². The second kappa shape index (κ2) is 8.58. The van der Waals surface area contributed by atoms with Crippen molar-refractivity contribution in [2.45, 2.75) is 19.8 Å². The summed E-state index contributed by atoms with van der Waals surface area (Å²) in [5.74, 6) is -0.906. The average Bonchev–Trinajstić information content (AvgIpc) is 3.08. The highest BCUT2D eigenvalue weighted by Crippen LogP contribution is 2.16. The topological polar surface area (TPSA) is 91.4 Å². The van der Waals surface area contributed by atoms with Crippen molar-refractivity contribution in [3.63, 3.8) is 0 Å². The number of nitro benzene ring substituents is 1. The van der Waals surface area contributed by atoms with Gasteiger partial charge in [0, 0.05) is 35.7 Å². The predicted molar refractivity (Wildman–Crippen MR) is 92.2 cm³/mol. The summed E-state index contributed by atoms with van der Waals surface area (Å²) in [6, 6.07) is 8.80. The maximum atomic E-state index is 12.5. The van der Waals surface area contributed by atoms with Crippen molar-refractivity contribution in [3.8, 4) is 0 Å². The van der Waals surface area contributed by atoms with E-state index in [9.17, 15) is 19.7 Å². The lowest BCUT2D eigenvalue weighted by atomic mass is 10.2. The Bertz CT molecular complexity index is 807. The summed E-state index contributed by atoms with van der Waals surface area (Å²) in [5, 5.41) is 10.8. The molecule has 1 aromatic carbocycles. The van der Waals surface area contributed by atoms with Gasteiger partial charge in [0.2, 0.25) is 0 Å². The van der Waals surface area contributed by atoms with Gasteiger partial charge in [0.25, 0.3) is 11.6 Å². The van der Waals surface area contributed by atoms with Crippen LogP contribution in [0.4, 0.5) is 5.69 Å². The van der Waals surface area contributed by atoms with Crippen LogP contribution in [0.5, 0.6) is 0 Å². The molecule has 0 unspecified atom stereocenters. The van der Waals surface area contributed by atoms with Gasteiger partial charge in [0.1, 0.15) is 0 Å². The monoisotopic (exact) mass is 342 g/mol. The number of nitro groups is 1. The van der Waals surface area contributed by atoms with Crippen LogP contribution in [0.1, 0.15) is 35.8 Å². The maximum absolute atomic E-state index is 12.5. The molecular formula is C18H18N2O5. The molecule has 0 fully saturated rings. The summed E-state index contributed by atoms with van der Waals surface area (Å²) < 4.78 is 6.33. The van der Waals surface area contributed by atoms with Crippen molar-refractivity contribution < 1.29 is 19.2 Å². The first-order valence-electron chi connectivity index (χ1n) is 7.84. The van der Waals surface area contributed by atoms with E-state index in [1.54, 1.807) is 12.1 Å². The second-order valence-electron chi connectivity index (χ2n) is 5.27. The number of benzene rings is 1. The second-order valence-corrected chi connectivity index (χ2v) is 5.27. The number of nitrogens with zero attached hydrogens (tertiary/aromatic N) is 2. The molecule has 1 heterocycles. The van der Waals surface area contributed by atoms with E-state index >= 15 is 0 Å². The SMILES string of the molecule is CCCCOC(=O)C=Cc1cccn1C(=O)c1cccc([N+](=O)[O-])c1. The van der Waals surface area contributed by atoms with Gasteiger partial charge in [-0.05, 0) is 30.7 Å². The lowest BCUT2D eigenvalue weighted by Crippen LogP contribution is -2.12. The van der Waals surface area contributed by atoms with Crippen molar-refractivity contribution in [2.75, 3.05) is 6.61 Å². The molecule has 2 aromatic rings. The average molecular weight is 342 g/mol. The zero-order valence-electron chi connectivity index (χ0n) is 13.8. The van der Waals surface area contributed by atoms with Gasteiger partial charge in [-0.2, -0.15) is 0 Å². The van der Waals surface area contributed by atoms with Crippen molar-refractivity contribution in [1.82, 2.24) is 4.57 Å². The summed E-state index contributed by atoms with van der Waals surface area (Å²) in [4.78, 5) is 34.4. The summed E-state index contributed by atoms with van der Waals surface area (Å²) in [6.07, 6.45) is 5.98. The third-order valence-corrected chi connectivity index (χ3v) is 3.44. The fraction of sp³-hybridized carbons (Fsp3) is 0.222. The molecule has 0 bridgehead atoms. The first-order chi connectivity index (χ1) is 12.0. The molecule has 0 saturated heterocycles. The Kier molecular flexibility index (Phi) is 6.22. The fourth-order valence-electron chi connectivity index (χ4n) is 2.13. The largest absolute Gasteiger partial charge is 0.463 e. The number of hydrogen-bond acceptors (Lipinski definition) is 5. The summed E-state index contributed by atoms with van der Waals surface area (Å²) in [7, 11) is 0. The molecule has 0 aliphatic carbocycles. The smallest absolute Gasteiger partial charge is 0.330 e. The van der Waals surface area contributed by atoms with Gasteiger partial charge >= 0.3 is 5.97 Å². The van der Waals surface area contributed by atoms with E-state index in [0.29, 0.717) is 12.3 Å².